The predicted octanol–water partition coefficient (Wildman–Crippen LogP) is 3.04. The maximum atomic E-state index is 12.5. The molecule has 2 rings (SSSR count). The Kier molecular flexibility index (Phi) is 4.29. The van der Waals surface area contributed by atoms with Gasteiger partial charge in [-0.1, -0.05) is 17.7 Å². The van der Waals surface area contributed by atoms with Gasteiger partial charge in [-0.3, -0.25) is 4.72 Å². The van der Waals surface area contributed by atoms with E-state index in [2.05, 4.69) is 4.72 Å². The highest BCUT2D eigenvalue weighted by Crippen LogP contribution is 2.30. The van der Waals surface area contributed by atoms with Crippen molar-refractivity contribution in [3.63, 3.8) is 0 Å². The van der Waals surface area contributed by atoms with Crippen molar-refractivity contribution in [3.05, 3.63) is 47.0 Å². The summed E-state index contributed by atoms with van der Waals surface area (Å²) in [7, 11) is -2.42. The van der Waals surface area contributed by atoms with E-state index in [0.717, 1.165) is 5.56 Å². The Bertz CT molecular complexity index is 776. The summed E-state index contributed by atoms with van der Waals surface area (Å²) < 4.78 is 32.5. The van der Waals surface area contributed by atoms with Crippen LogP contribution in [0.15, 0.2) is 41.3 Å². The number of benzene rings is 2. The molecule has 0 radical (unpaired) electrons. The molecule has 112 valence electrons. The molecule has 0 saturated carbocycles. The van der Waals surface area contributed by atoms with E-state index >= 15 is 0 Å². The molecule has 0 atom stereocenters. The van der Waals surface area contributed by atoms with Gasteiger partial charge in [-0.05, 0) is 42.8 Å². The summed E-state index contributed by atoms with van der Waals surface area (Å²) in [6.07, 6.45) is 0. The number of nitrogens with two attached hydrogens (primary N) is 1. The molecule has 0 aliphatic heterocycles. The van der Waals surface area contributed by atoms with Gasteiger partial charge in [-0.25, -0.2) is 8.42 Å². The molecule has 0 saturated heterocycles. The van der Waals surface area contributed by atoms with Gasteiger partial charge in [-0.15, -0.1) is 0 Å². The molecular weight excluding hydrogens is 312 g/mol. The minimum Gasteiger partial charge on any atom is -0.495 e. The zero-order valence-electron chi connectivity index (χ0n) is 11.6. The first kappa shape index (κ1) is 15.5. The van der Waals surface area contributed by atoms with E-state index in [9.17, 15) is 8.42 Å². The van der Waals surface area contributed by atoms with Gasteiger partial charge in [0.1, 0.15) is 10.6 Å². The number of anilines is 2. The molecule has 0 aliphatic carbocycles. The summed E-state index contributed by atoms with van der Waals surface area (Å²) in [5.74, 6) is 0.258. The maximum absolute atomic E-state index is 12.5. The van der Waals surface area contributed by atoms with Crippen LogP contribution in [0.25, 0.3) is 0 Å². The quantitative estimate of drug-likeness (QED) is 0.846. The van der Waals surface area contributed by atoms with E-state index < -0.39 is 10.0 Å². The lowest BCUT2D eigenvalue weighted by Gasteiger charge is -2.13. The van der Waals surface area contributed by atoms with E-state index in [1.165, 1.54) is 25.3 Å². The van der Waals surface area contributed by atoms with Crippen LogP contribution in [0.4, 0.5) is 11.4 Å². The van der Waals surface area contributed by atoms with Crippen LogP contribution in [-0.4, -0.2) is 15.5 Å². The fourth-order valence-electron chi connectivity index (χ4n) is 1.81. The smallest absolute Gasteiger partial charge is 0.265 e. The Balaban J connectivity index is 2.48. The summed E-state index contributed by atoms with van der Waals surface area (Å²) in [6.45, 7) is 1.80. The van der Waals surface area contributed by atoms with Gasteiger partial charge in [-0.2, -0.15) is 0 Å². The molecule has 0 heterocycles. The van der Waals surface area contributed by atoms with Crippen molar-refractivity contribution < 1.29 is 13.2 Å². The molecule has 0 fully saturated rings. The third kappa shape index (κ3) is 3.40. The molecule has 0 spiro atoms. The molecular formula is C14H15ClN2O3S. The molecule has 2 aromatic rings. The van der Waals surface area contributed by atoms with Crippen LogP contribution >= 0.6 is 11.6 Å². The number of nitrogen functional groups attached to an aromatic ring is 1. The van der Waals surface area contributed by atoms with Crippen molar-refractivity contribution in [2.75, 3.05) is 17.6 Å². The molecule has 5 nitrogen and oxygen atoms in total. The zero-order chi connectivity index (χ0) is 15.6. The molecule has 0 unspecified atom stereocenters. The SMILES string of the molecule is COc1ccc(C)cc1S(=O)(=O)Nc1cc(N)ccc1Cl. The monoisotopic (exact) mass is 326 g/mol. The van der Waals surface area contributed by atoms with E-state index in [1.807, 2.05) is 0 Å². The third-order valence-electron chi connectivity index (χ3n) is 2.84. The standard InChI is InChI=1S/C14H15ClN2O3S/c1-9-3-6-13(20-2)14(7-9)21(18,19)17-12-8-10(16)4-5-11(12)15/h3-8,17H,16H2,1-2H3. The van der Waals surface area contributed by atoms with E-state index in [0.29, 0.717) is 5.69 Å². The van der Waals surface area contributed by atoms with Gasteiger partial charge in [0, 0.05) is 5.69 Å². The van der Waals surface area contributed by atoms with Crippen LogP contribution in [0.1, 0.15) is 5.56 Å². The van der Waals surface area contributed by atoms with Crippen LogP contribution < -0.4 is 15.2 Å². The van der Waals surface area contributed by atoms with Crippen LogP contribution in [0, 0.1) is 6.92 Å². The minimum atomic E-state index is -3.83. The van der Waals surface area contributed by atoms with Gasteiger partial charge in [0.2, 0.25) is 0 Å². The Morgan fingerprint density at radius 3 is 2.57 bits per heavy atom. The highest BCUT2D eigenvalue weighted by molar-refractivity contribution is 7.92. The average Bonchev–Trinajstić information content (AvgIpc) is 2.42. The number of ether oxygens (including phenoxy) is 1. The highest BCUT2D eigenvalue weighted by Gasteiger charge is 2.21. The molecule has 7 heteroatoms. The molecule has 0 aliphatic rings. The topological polar surface area (TPSA) is 81.4 Å². The third-order valence-corrected chi connectivity index (χ3v) is 4.56. The number of hydrogen-bond acceptors (Lipinski definition) is 4. The number of methoxy groups -OCH3 is 1. The average molecular weight is 327 g/mol. The van der Waals surface area contributed by atoms with Crippen molar-refractivity contribution in [2.45, 2.75) is 11.8 Å². The lowest BCUT2D eigenvalue weighted by atomic mass is 10.2. The summed E-state index contributed by atoms with van der Waals surface area (Å²) in [4.78, 5) is 0.0449. The fourth-order valence-corrected chi connectivity index (χ4v) is 3.36. The van der Waals surface area contributed by atoms with Crippen molar-refractivity contribution in [3.8, 4) is 5.75 Å². The first-order valence-electron chi connectivity index (χ1n) is 6.06. The Morgan fingerprint density at radius 2 is 1.90 bits per heavy atom. The Morgan fingerprint density at radius 1 is 1.19 bits per heavy atom. The number of aryl methyl sites for hydroxylation is 1. The second kappa shape index (κ2) is 5.83. The van der Waals surface area contributed by atoms with Crippen molar-refractivity contribution in [1.29, 1.82) is 0 Å². The lowest BCUT2D eigenvalue weighted by Crippen LogP contribution is -2.14. The van der Waals surface area contributed by atoms with Gasteiger partial charge in [0.25, 0.3) is 10.0 Å². The van der Waals surface area contributed by atoms with Crippen LogP contribution in [0.2, 0.25) is 5.02 Å². The van der Waals surface area contributed by atoms with Gasteiger partial charge < -0.3 is 10.5 Å². The van der Waals surface area contributed by atoms with Crippen LogP contribution in [0.5, 0.6) is 5.75 Å². The number of hydrogen-bond donors (Lipinski definition) is 2. The summed E-state index contributed by atoms with van der Waals surface area (Å²) in [5, 5.41) is 0.263. The molecule has 0 amide bonds. The molecule has 0 aromatic heterocycles. The first-order valence-corrected chi connectivity index (χ1v) is 7.92. The van der Waals surface area contributed by atoms with Gasteiger partial charge in [0.15, 0.2) is 0 Å². The number of nitrogens with one attached hydrogen (secondary N) is 1. The highest BCUT2D eigenvalue weighted by atomic mass is 35.5. The summed E-state index contributed by atoms with van der Waals surface area (Å²) in [5.41, 5.74) is 7.08. The second-order valence-electron chi connectivity index (χ2n) is 4.50. The largest absolute Gasteiger partial charge is 0.495 e. The van der Waals surface area contributed by atoms with Crippen molar-refractivity contribution in [1.82, 2.24) is 0 Å². The van der Waals surface area contributed by atoms with Crippen molar-refractivity contribution in [2.24, 2.45) is 0 Å². The van der Waals surface area contributed by atoms with Gasteiger partial charge in [0.05, 0.1) is 17.8 Å². The summed E-state index contributed by atoms with van der Waals surface area (Å²) in [6, 6.07) is 9.48. The maximum Gasteiger partial charge on any atom is 0.265 e. The molecule has 2 aromatic carbocycles. The predicted molar refractivity (Wildman–Crippen MR) is 84.4 cm³/mol. The number of sulfonamides is 1. The lowest BCUT2D eigenvalue weighted by molar-refractivity contribution is 0.402. The van der Waals surface area contributed by atoms with Crippen LogP contribution in [0.3, 0.4) is 0 Å². The van der Waals surface area contributed by atoms with Gasteiger partial charge >= 0.3 is 0 Å². The Labute approximate surface area is 128 Å². The van der Waals surface area contributed by atoms with E-state index in [4.69, 9.17) is 22.1 Å². The second-order valence-corrected chi connectivity index (χ2v) is 6.56. The minimum absolute atomic E-state index is 0.0449. The van der Waals surface area contributed by atoms with E-state index in [1.54, 1.807) is 25.1 Å². The zero-order valence-corrected chi connectivity index (χ0v) is 13.1. The summed E-state index contributed by atoms with van der Waals surface area (Å²) >= 11 is 5.98. The normalized spacial score (nSPS) is 11.2. The fraction of sp³-hybridized carbons (Fsp3) is 0.143. The number of rotatable bonds is 4. The molecule has 0 bridgehead atoms. The first-order chi connectivity index (χ1) is 9.83. The molecule has 3 N–H and O–H groups in total. The molecule has 21 heavy (non-hydrogen) atoms. The number of halogens is 1. The van der Waals surface area contributed by atoms with Crippen LogP contribution in [-0.2, 0) is 10.0 Å². The van der Waals surface area contributed by atoms with Crippen molar-refractivity contribution >= 4 is 33.0 Å². The Hall–Kier alpha value is -1.92. The van der Waals surface area contributed by atoms with E-state index in [-0.39, 0.29) is 21.4 Å².